The number of rotatable bonds is 3. The summed E-state index contributed by atoms with van der Waals surface area (Å²) in [7, 11) is 1.60. The first-order valence-electron chi connectivity index (χ1n) is 6.00. The quantitative estimate of drug-likeness (QED) is 0.646. The molecule has 1 N–H and O–H groups in total. The Morgan fingerprint density at radius 2 is 2.26 bits per heavy atom. The van der Waals surface area contributed by atoms with E-state index >= 15 is 0 Å². The summed E-state index contributed by atoms with van der Waals surface area (Å²) < 4.78 is 5.60. The average molecular weight is 267 g/mol. The maximum absolute atomic E-state index is 11.2. The van der Waals surface area contributed by atoms with Crippen LogP contribution in [0.15, 0.2) is 6.33 Å². The van der Waals surface area contributed by atoms with Gasteiger partial charge in [0.2, 0.25) is 11.6 Å². The monoisotopic (exact) mass is 267 g/mol. The minimum Gasteiger partial charge on any atom is -0.372 e. The maximum atomic E-state index is 11.2. The van der Waals surface area contributed by atoms with Crippen molar-refractivity contribution >= 4 is 17.3 Å². The van der Waals surface area contributed by atoms with Gasteiger partial charge < -0.3 is 15.0 Å². The number of nitrogens with one attached hydrogen (secondary N) is 1. The van der Waals surface area contributed by atoms with E-state index in [1.54, 1.807) is 7.05 Å². The second-order valence-electron chi connectivity index (χ2n) is 4.93. The molecule has 0 spiro atoms. The molecule has 8 heteroatoms. The van der Waals surface area contributed by atoms with Gasteiger partial charge in [-0.2, -0.15) is 0 Å². The highest BCUT2D eigenvalue weighted by molar-refractivity contribution is 5.70. The van der Waals surface area contributed by atoms with Gasteiger partial charge in [0.15, 0.2) is 0 Å². The molecule has 1 aliphatic heterocycles. The lowest BCUT2D eigenvalue weighted by Crippen LogP contribution is -2.48. The van der Waals surface area contributed by atoms with Gasteiger partial charge in [0.25, 0.3) is 0 Å². The van der Waals surface area contributed by atoms with Crippen LogP contribution in [0, 0.1) is 10.1 Å². The van der Waals surface area contributed by atoms with Gasteiger partial charge in [-0.15, -0.1) is 0 Å². The van der Waals surface area contributed by atoms with Gasteiger partial charge in [-0.1, -0.05) is 0 Å². The second-order valence-corrected chi connectivity index (χ2v) is 4.93. The molecule has 0 saturated carbocycles. The molecule has 2 heterocycles. The molecule has 1 aliphatic rings. The van der Waals surface area contributed by atoms with E-state index in [4.69, 9.17) is 4.74 Å². The third-order valence-electron chi connectivity index (χ3n) is 2.95. The van der Waals surface area contributed by atoms with Gasteiger partial charge in [0, 0.05) is 20.1 Å². The van der Waals surface area contributed by atoms with E-state index in [2.05, 4.69) is 15.3 Å². The smallest absolute Gasteiger partial charge is 0.353 e. The molecule has 1 fully saturated rings. The van der Waals surface area contributed by atoms with Gasteiger partial charge in [-0.25, -0.2) is 9.97 Å². The number of aromatic nitrogens is 2. The molecule has 1 aromatic heterocycles. The highest BCUT2D eigenvalue weighted by atomic mass is 16.6. The van der Waals surface area contributed by atoms with E-state index in [1.165, 1.54) is 6.33 Å². The van der Waals surface area contributed by atoms with E-state index in [-0.39, 0.29) is 17.1 Å². The van der Waals surface area contributed by atoms with Crippen molar-refractivity contribution in [1.29, 1.82) is 0 Å². The molecule has 1 saturated heterocycles. The summed E-state index contributed by atoms with van der Waals surface area (Å²) in [5, 5.41) is 14.0. The molecule has 0 atom stereocenters. The molecule has 8 nitrogen and oxygen atoms in total. The lowest BCUT2D eigenvalue weighted by molar-refractivity contribution is -0.383. The van der Waals surface area contributed by atoms with Crippen LogP contribution >= 0.6 is 0 Å². The Labute approximate surface area is 110 Å². The molecule has 0 unspecified atom stereocenters. The normalized spacial score (nSPS) is 18.2. The van der Waals surface area contributed by atoms with E-state index < -0.39 is 4.92 Å². The number of anilines is 2. The molecule has 104 valence electrons. The molecular weight excluding hydrogens is 250 g/mol. The Hall–Kier alpha value is -1.96. The minimum absolute atomic E-state index is 0.0947. The van der Waals surface area contributed by atoms with Crippen LogP contribution in [0.2, 0.25) is 0 Å². The minimum atomic E-state index is -0.455. The van der Waals surface area contributed by atoms with Crippen molar-refractivity contribution in [3.8, 4) is 0 Å². The fourth-order valence-electron chi connectivity index (χ4n) is 2.15. The van der Waals surface area contributed by atoms with Crippen LogP contribution in [0.25, 0.3) is 0 Å². The zero-order valence-electron chi connectivity index (χ0n) is 11.2. The number of hydrogen-bond donors (Lipinski definition) is 1. The fourth-order valence-corrected chi connectivity index (χ4v) is 2.15. The molecule has 0 aromatic carbocycles. The van der Waals surface area contributed by atoms with Crippen molar-refractivity contribution in [2.45, 2.75) is 19.4 Å². The van der Waals surface area contributed by atoms with Crippen LogP contribution in [0.5, 0.6) is 0 Å². The van der Waals surface area contributed by atoms with E-state index in [1.807, 2.05) is 18.7 Å². The molecular formula is C11H17N5O3. The van der Waals surface area contributed by atoms with Crippen molar-refractivity contribution in [3.05, 3.63) is 16.4 Å². The van der Waals surface area contributed by atoms with Crippen LogP contribution in [0.1, 0.15) is 13.8 Å². The fraction of sp³-hybridized carbons (Fsp3) is 0.636. The van der Waals surface area contributed by atoms with Gasteiger partial charge in [0.1, 0.15) is 6.33 Å². The molecule has 2 rings (SSSR count). The summed E-state index contributed by atoms with van der Waals surface area (Å²) in [4.78, 5) is 20.6. The number of hydrogen-bond acceptors (Lipinski definition) is 7. The average Bonchev–Trinajstić information content (AvgIpc) is 2.36. The van der Waals surface area contributed by atoms with Crippen LogP contribution in [-0.2, 0) is 4.74 Å². The predicted octanol–water partition coefficient (Wildman–Crippen LogP) is 1.04. The van der Waals surface area contributed by atoms with Gasteiger partial charge >= 0.3 is 5.69 Å². The zero-order chi connectivity index (χ0) is 14.0. The molecule has 1 aromatic rings. The summed E-state index contributed by atoms with van der Waals surface area (Å²) in [5.74, 6) is 0.556. The molecule has 0 bridgehead atoms. The third kappa shape index (κ3) is 2.73. The van der Waals surface area contributed by atoms with Gasteiger partial charge in [-0.3, -0.25) is 10.1 Å². The number of ether oxygens (including phenoxy) is 1. The van der Waals surface area contributed by atoms with E-state index in [0.29, 0.717) is 25.5 Å². The van der Waals surface area contributed by atoms with Gasteiger partial charge in [-0.05, 0) is 13.8 Å². The van der Waals surface area contributed by atoms with Crippen LogP contribution < -0.4 is 10.2 Å². The number of morpholine rings is 1. The van der Waals surface area contributed by atoms with Crippen LogP contribution in [0.4, 0.5) is 17.3 Å². The first-order chi connectivity index (χ1) is 8.94. The lowest BCUT2D eigenvalue weighted by Gasteiger charge is -2.38. The SMILES string of the molecule is CNc1ncnc(N2CCOC(C)(C)C2)c1[N+](=O)[O-]. The topological polar surface area (TPSA) is 93.4 Å². The predicted molar refractivity (Wildman–Crippen MR) is 70.5 cm³/mol. The van der Waals surface area contributed by atoms with Crippen molar-refractivity contribution in [3.63, 3.8) is 0 Å². The summed E-state index contributed by atoms with van der Waals surface area (Å²) >= 11 is 0. The molecule has 0 aliphatic carbocycles. The van der Waals surface area contributed by atoms with E-state index in [0.717, 1.165) is 0 Å². The van der Waals surface area contributed by atoms with Crippen molar-refractivity contribution < 1.29 is 9.66 Å². The number of nitro groups is 1. The Morgan fingerprint density at radius 1 is 1.53 bits per heavy atom. The van der Waals surface area contributed by atoms with E-state index in [9.17, 15) is 10.1 Å². The second kappa shape index (κ2) is 4.96. The van der Waals surface area contributed by atoms with Crippen LogP contribution in [-0.4, -0.2) is 47.2 Å². The van der Waals surface area contributed by atoms with Crippen molar-refractivity contribution in [2.24, 2.45) is 0 Å². The maximum Gasteiger partial charge on any atom is 0.353 e. The Kier molecular flexibility index (Phi) is 3.52. The largest absolute Gasteiger partial charge is 0.372 e. The molecule has 0 radical (unpaired) electrons. The Bertz CT molecular complexity index is 491. The summed E-state index contributed by atoms with van der Waals surface area (Å²) in [6, 6.07) is 0. The van der Waals surface area contributed by atoms with Crippen molar-refractivity contribution in [1.82, 2.24) is 9.97 Å². The molecule has 0 amide bonds. The number of nitrogens with zero attached hydrogens (tertiary/aromatic N) is 4. The summed E-state index contributed by atoms with van der Waals surface area (Å²) in [6.07, 6.45) is 1.33. The third-order valence-corrected chi connectivity index (χ3v) is 2.95. The standard InChI is InChI=1S/C11H17N5O3/c1-11(2)6-15(4-5-19-11)10-8(16(17)18)9(12-3)13-7-14-10/h7H,4-6H2,1-3H3,(H,12,13,14). The summed E-state index contributed by atoms with van der Waals surface area (Å²) in [5.41, 5.74) is -0.445. The Morgan fingerprint density at radius 3 is 2.84 bits per heavy atom. The first-order valence-corrected chi connectivity index (χ1v) is 6.00. The highest BCUT2D eigenvalue weighted by Crippen LogP contribution is 2.33. The highest BCUT2D eigenvalue weighted by Gasteiger charge is 2.33. The lowest BCUT2D eigenvalue weighted by atomic mass is 10.1. The summed E-state index contributed by atoms with van der Waals surface area (Å²) in [6.45, 7) is 5.54. The Balaban J connectivity index is 2.41. The zero-order valence-corrected chi connectivity index (χ0v) is 11.2. The van der Waals surface area contributed by atoms with Crippen molar-refractivity contribution in [2.75, 3.05) is 37.0 Å². The first kappa shape index (κ1) is 13.5. The van der Waals surface area contributed by atoms with Gasteiger partial charge in [0.05, 0.1) is 17.1 Å². The van der Waals surface area contributed by atoms with Crippen LogP contribution in [0.3, 0.4) is 0 Å². The molecule has 19 heavy (non-hydrogen) atoms.